The molecule has 0 unspecified atom stereocenters. The molecule has 3 aromatic rings. The summed E-state index contributed by atoms with van der Waals surface area (Å²) in [4.78, 5) is 38.2. The molecule has 0 radical (unpaired) electrons. The minimum Gasteiger partial charge on any atom is -0.507 e. The lowest BCUT2D eigenvalue weighted by atomic mass is 9.94. The van der Waals surface area contributed by atoms with Crippen molar-refractivity contribution in [2.24, 2.45) is 0 Å². The number of aliphatic hydroxyl groups is 1. The van der Waals surface area contributed by atoms with Gasteiger partial charge >= 0.3 is 0 Å². The predicted molar refractivity (Wildman–Crippen MR) is 115 cm³/mol. The number of Topliss-reactive ketones (excluding diaryl/α,β-unsaturated/α-hetero) is 1. The predicted octanol–water partition coefficient (Wildman–Crippen LogP) is 4.67. The third kappa shape index (κ3) is 3.51. The number of rotatable bonds is 4. The lowest BCUT2D eigenvalue weighted by molar-refractivity contribution is -0.385. The van der Waals surface area contributed by atoms with E-state index in [0.717, 1.165) is 22.6 Å². The number of nitro groups is 1. The molecular formula is C24H17FN2O5. The van der Waals surface area contributed by atoms with E-state index in [1.807, 2.05) is 6.92 Å². The Labute approximate surface area is 182 Å². The summed E-state index contributed by atoms with van der Waals surface area (Å²) in [6.07, 6.45) is 0. The van der Waals surface area contributed by atoms with Crippen LogP contribution in [0.5, 0.6) is 0 Å². The highest BCUT2D eigenvalue weighted by Crippen LogP contribution is 2.44. The normalized spacial score (nSPS) is 17.6. The van der Waals surface area contributed by atoms with Crippen molar-refractivity contribution in [3.05, 3.63) is 111 Å². The van der Waals surface area contributed by atoms with Crippen molar-refractivity contribution in [3.63, 3.8) is 0 Å². The van der Waals surface area contributed by atoms with Crippen LogP contribution in [-0.2, 0) is 9.59 Å². The van der Waals surface area contributed by atoms with Gasteiger partial charge in [-0.25, -0.2) is 4.39 Å². The summed E-state index contributed by atoms with van der Waals surface area (Å²) in [5.74, 6) is -2.97. The standard InChI is InChI=1S/C24H17FN2O5/c1-14-6-8-15(9-7-14)22(28)20-21(18-4-2-3-5-19(18)27(31)32)26(24(30)23(20)29)17-12-10-16(25)11-13-17/h2-13,21,28H,1H3/t21-/m1/s1. The fourth-order valence-electron chi connectivity index (χ4n) is 3.75. The fourth-order valence-corrected chi connectivity index (χ4v) is 3.75. The van der Waals surface area contributed by atoms with Crippen LogP contribution in [0.1, 0.15) is 22.7 Å². The molecule has 0 aliphatic carbocycles. The van der Waals surface area contributed by atoms with E-state index in [0.29, 0.717) is 0 Å². The van der Waals surface area contributed by atoms with Gasteiger partial charge in [-0.3, -0.25) is 24.6 Å². The van der Waals surface area contributed by atoms with Crippen molar-refractivity contribution in [1.82, 2.24) is 0 Å². The van der Waals surface area contributed by atoms with E-state index >= 15 is 0 Å². The summed E-state index contributed by atoms with van der Waals surface area (Å²) in [6.45, 7) is 1.85. The average molecular weight is 432 g/mol. The van der Waals surface area contributed by atoms with Crippen molar-refractivity contribution >= 4 is 28.8 Å². The third-order valence-corrected chi connectivity index (χ3v) is 5.30. The van der Waals surface area contributed by atoms with Gasteiger partial charge < -0.3 is 5.11 Å². The second-order valence-corrected chi connectivity index (χ2v) is 7.33. The largest absolute Gasteiger partial charge is 0.507 e. The number of carbonyl (C=O) groups is 2. The van der Waals surface area contributed by atoms with E-state index in [1.165, 1.54) is 30.3 Å². The number of aliphatic hydroxyl groups excluding tert-OH is 1. The first-order valence-electron chi connectivity index (χ1n) is 9.66. The van der Waals surface area contributed by atoms with Crippen molar-refractivity contribution in [3.8, 4) is 0 Å². The van der Waals surface area contributed by atoms with Crippen LogP contribution in [-0.4, -0.2) is 21.7 Å². The first-order chi connectivity index (χ1) is 15.3. The van der Waals surface area contributed by atoms with Crippen LogP contribution in [0, 0.1) is 22.9 Å². The number of hydrogen-bond acceptors (Lipinski definition) is 5. The Kier molecular flexibility index (Phi) is 5.28. The molecule has 1 saturated heterocycles. The van der Waals surface area contributed by atoms with Crippen LogP contribution in [0.2, 0.25) is 0 Å². The number of aryl methyl sites for hydroxylation is 1. The van der Waals surface area contributed by atoms with Gasteiger partial charge in [0.05, 0.1) is 16.1 Å². The smallest absolute Gasteiger partial charge is 0.300 e. The SMILES string of the molecule is Cc1ccc(C(O)=C2C(=O)C(=O)N(c3ccc(F)cc3)[C@@H]2c2ccccc2[N+](=O)[O-])cc1. The Bertz CT molecular complexity index is 1270. The molecular weight excluding hydrogens is 415 g/mol. The van der Waals surface area contributed by atoms with Gasteiger partial charge in [-0.15, -0.1) is 0 Å². The molecule has 4 rings (SSSR count). The van der Waals surface area contributed by atoms with Crippen LogP contribution in [0.3, 0.4) is 0 Å². The quantitative estimate of drug-likeness (QED) is 0.212. The van der Waals surface area contributed by atoms with Crippen molar-refractivity contribution in [1.29, 1.82) is 0 Å². The van der Waals surface area contributed by atoms with Crippen molar-refractivity contribution < 1.29 is 24.0 Å². The van der Waals surface area contributed by atoms with E-state index in [1.54, 1.807) is 30.3 Å². The molecule has 1 aliphatic rings. The highest BCUT2D eigenvalue weighted by atomic mass is 19.1. The number of anilines is 1. The van der Waals surface area contributed by atoms with Gasteiger partial charge in [-0.05, 0) is 37.3 Å². The second-order valence-electron chi connectivity index (χ2n) is 7.33. The van der Waals surface area contributed by atoms with E-state index in [9.17, 15) is 29.2 Å². The van der Waals surface area contributed by atoms with Crippen LogP contribution in [0.15, 0.2) is 78.4 Å². The Morgan fingerprint density at radius 2 is 1.62 bits per heavy atom. The summed E-state index contributed by atoms with van der Waals surface area (Å²) in [5, 5.41) is 22.7. The van der Waals surface area contributed by atoms with Crippen molar-refractivity contribution in [2.45, 2.75) is 13.0 Å². The first kappa shape index (κ1) is 20.9. The molecule has 0 spiro atoms. The zero-order valence-corrected chi connectivity index (χ0v) is 16.9. The Morgan fingerprint density at radius 3 is 2.25 bits per heavy atom. The van der Waals surface area contributed by atoms with Crippen LogP contribution >= 0.6 is 0 Å². The maximum absolute atomic E-state index is 13.5. The summed E-state index contributed by atoms with van der Waals surface area (Å²) in [6, 6.07) is 15.9. The molecule has 1 fully saturated rings. The van der Waals surface area contributed by atoms with E-state index in [4.69, 9.17) is 0 Å². The summed E-state index contributed by atoms with van der Waals surface area (Å²) in [7, 11) is 0. The molecule has 1 heterocycles. The molecule has 1 atom stereocenters. The number of hydrogen-bond donors (Lipinski definition) is 1. The van der Waals surface area contributed by atoms with Crippen LogP contribution in [0.25, 0.3) is 5.76 Å². The van der Waals surface area contributed by atoms with E-state index < -0.39 is 34.2 Å². The molecule has 1 N–H and O–H groups in total. The number of para-hydroxylation sites is 1. The Balaban J connectivity index is 2.00. The molecule has 7 nitrogen and oxygen atoms in total. The number of ketones is 1. The van der Waals surface area contributed by atoms with Gasteiger partial charge in [0.2, 0.25) is 0 Å². The minimum absolute atomic E-state index is 0.0506. The molecule has 3 aromatic carbocycles. The highest BCUT2D eigenvalue weighted by Gasteiger charge is 2.48. The third-order valence-electron chi connectivity index (χ3n) is 5.30. The molecule has 8 heteroatoms. The molecule has 0 saturated carbocycles. The van der Waals surface area contributed by atoms with Gasteiger partial charge in [-0.1, -0.05) is 42.0 Å². The zero-order valence-electron chi connectivity index (χ0n) is 16.9. The van der Waals surface area contributed by atoms with E-state index in [-0.39, 0.29) is 28.1 Å². The zero-order chi connectivity index (χ0) is 23.0. The van der Waals surface area contributed by atoms with E-state index in [2.05, 4.69) is 0 Å². The van der Waals surface area contributed by atoms with Crippen molar-refractivity contribution in [2.75, 3.05) is 4.90 Å². The summed E-state index contributed by atoms with van der Waals surface area (Å²) in [5.41, 5.74) is 0.827. The molecule has 1 amide bonds. The minimum atomic E-state index is -1.27. The van der Waals surface area contributed by atoms with Gasteiger partial charge in [0.1, 0.15) is 17.6 Å². The van der Waals surface area contributed by atoms with Crippen LogP contribution in [0.4, 0.5) is 15.8 Å². The van der Waals surface area contributed by atoms with Gasteiger partial charge in [-0.2, -0.15) is 0 Å². The highest BCUT2D eigenvalue weighted by molar-refractivity contribution is 6.51. The topological polar surface area (TPSA) is 101 Å². The molecule has 160 valence electrons. The van der Waals surface area contributed by atoms with Crippen LogP contribution < -0.4 is 4.90 Å². The molecule has 1 aliphatic heterocycles. The average Bonchev–Trinajstić information content (AvgIpc) is 3.05. The Morgan fingerprint density at radius 1 is 1.00 bits per heavy atom. The number of carbonyl (C=O) groups excluding carboxylic acids is 2. The number of benzene rings is 3. The lowest BCUT2D eigenvalue weighted by Gasteiger charge is -2.25. The second kappa shape index (κ2) is 8.07. The first-order valence-corrected chi connectivity index (χ1v) is 9.66. The maximum atomic E-state index is 13.5. The number of nitro benzene ring substituents is 1. The van der Waals surface area contributed by atoms with Gasteiger partial charge in [0.15, 0.2) is 0 Å². The Hall–Kier alpha value is -4.33. The van der Waals surface area contributed by atoms with Gasteiger partial charge in [0.25, 0.3) is 17.4 Å². The lowest BCUT2D eigenvalue weighted by Crippen LogP contribution is -2.29. The molecule has 0 aromatic heterocycles. The maximum Gasteiger partial charge on any atom is 0.300 e. The molecule has 32 heavy (non-hydrogen) atoms. The number of amides is 1. The number of nitrogens with zero attached hydrogens (tertiary/aromatic N) is 2. The number of halogens is 1. The summed E-state index contributed by atoms with van der Waals surface area (Å²) >= 11 is 0. The summed E-state index contributed by atoms with van der Waals surface area (Å²) < 4.78 is 13.5. The monoisotopic (exact) mass is 432 g/mol. The fraction of sp³-hybridized carbons (Fsp3) is 0.0833. The van der Waals surface area contributed by atoms with Gasteiger partial charge in [0, 0.05) is 17.3 Å². The molecule has 0 bridgehead atoms.